The summed E-state index contributed by atoms with van der Waals surface area (Å²) in [5, 5.41) is 10.2. The third kappa shape index (κ3) is 4.44. The summed E-state index contributed by atoms with van der Waals surface area (Å²) in [7, 11) is 0. The molecule has 0 saturated carbocycles. The number of amides is 2. The number of benzene rings is 1. The minimum Gasteiger partial charge on any atom is -0.352 e. The lowest BCUT2D eigenvalue weighted by Gasteiger charge is -2.11. The number of nitrogens with zero attached hydrogens (tertiary/aromatic N) is 4. The van der Waals surface area contributed by atoms with Gasteiger partial charge in [-0.2, -0.15) is 0 Å². The topological polar surface area (TPSA) is 120 Å². The van der Waals surface area contributed by atoms with Crippen molar-refractivity contribution in [3.8, 4) is 0 Å². The van der Waals surface area contributed by atoms with Crippen LogP contribution in [0.4, 0.5) is 0 Å². The average Bonchev–Trinajstić information content (AvgIpc) is 3.05. The first-order chi connectivity index (χ1) is 15.2. The van der Waals surface area contributed by atoms with Gasteiger partial charge in [0.2, 0.25) is 11.7 Å². The molecule has 2 aromatic heterocycles. The van der Waals surface area contributed by atoms with E-state index in [9.17, 15) is 19.2 Å². The Morgan fingerprint density at radius 1 is 1.09 bits per heavy atom. The molecule has 10 nitrogen and oxygen atoms in total. The summed E-state index contributed by atoms with van der Waals surface area (Å²) in [5.74, 6) is -0.496. The number of hydrogen-bond acceptors (Lipinski definition) is 5. The van der Waals surface area contributed by atoms with Crippen molar-refractivity contribution >= 4 is 28.5 Å². The van der Waals surface area contributed by atoms with Gasteiger partial charge >= 0.3 is 5.69 Å². The van der Waals surface area contributed by atoms with Gasteiger partial charge in [-0.1, -0.05) is 13.8 Å². The Kier molecular flexibility index (Phi) is 6.81. The van der Waals surface area contributed by atoms with Crippen molar-refractivity contribution < 1.29 is 9.59 Å². The fourth-order valence-electron chi connectivity index (χ4n) is 3.49. The third-order valence-corrected chi connectivity index (χ3v) is 5.22. The summed E-state index contributed by atoms with van der Waals surface area (Å²) in [6.07, 6.45) is 1.42. The van der Waals surface area contributed by atoms with Gasteiger partial charge in [-0.25, -0.2) is 13.9 Å². The first-order valence-corrected chi connectivity index (χ1v) is 10.9. The Morgan fingerprint density at radius 2 is 1.81 bits per heavy atom. The predicted molar refractivity (Wildman–Crippen MR) is 122 cm³/mol. The van der Waals surface area contributed by atoms with Crippen LogP contribution in [0.3, 0.4) is 0 Å². The standard InChI is InChI=1S/C22H30N6O4/c1-6-10-26-20(31)16-9-8-15(19(30)23-13(3)4)11-17(16)28-21(26)25-27(22(28)32)12-18(29)24-14(5)7-2/h8-9,11,13-14H,6-7,10,12H2,1-5H3,(H,23,30)(H,24,29). The molecule has 32 heavy (non-hydrogen) atoms. The number of aryl methyl sites for hydroxylation is 1. The molecule has 0 aliphatic heterocycles. The summed E-state index contributed by atoms with van der Waals surface area (Å²) in [6.45, 7) is 9.54. The molecular formula is C22H30N6O4. The van der Waals surface area contributed by atoms with Crippen LogP contribution in [-0.2, 0) is 17.9 Å². The zero-order valence-electron chi connectivity index (χ0n) is 19.1. The van der Waals surface area contributed by atoms with Crippen LogP contribution < -0.4 is 21.9 Å². The maximum absolute atomic E-state index is 13.2. The van der Waals surface area contributed by atoms with Crippen LogP contribution in [0.25, 0.3) is 16.7 Å². The second-order valence-electron chi connectivity index (χ2n) is 8.27. The molecule has 172 valence electrons. The summed E-state index contributed by atoms with van der Waals surface area (Å²) in [5.41, 5.74) is -0.233. The van der Waals surface area contributed by atoms with E-state index in [4.69, 9.17) is 0 Å². The monoisotopic (exact) mass is 442 g/mol. The second-order valence-corrected chi connectivity index (χ2v) is 8.27. The Morgan fingerprint density at radius 3 is 2.44 bits per heavy atom. The number of rotatable bonds is 8. The van der Waals surface area contributed by atoms with Gasteiger partial charge in [-0.05, 0) is 51.8 Å². The maximum Gasteiger partial charge on any atom is 0.352 e. The molecule has 1 atom stereocenters. The highest BCUT2D eigenvalue weighted by molar-refractivity contribution is 5.98. The summed E-state index contributed by atoms with van der Waals surface area (Å²) in [6, 6.07) is 4.54. The molecule has 0 aliphatic rings. The van der Waals surface area contributed by atoms with Crippen molar-refractivity contribution in [1.82, 2.24) is 29.4 Å². The fraction of sp³-hybridized carbons (Fsp3) is 0.500. The van der Waals surface area contributed by atoms with E-state index in [0.29, 0.717) is 23.9 Å². The molecule has 1 aromatic carbocycles. The second kappa shape index (κ2) is 9.37. The highest BCUT2D eigenvalue weighted by Gasteiger charge is 2.20. The van der Waals surface area contributed by atoms with Crippen molar-refractivity contribution in [1.29, 1.82) is 0 Å². The number of carbonyl (C=O) groups is 2. The van der Waals surface area contributed by atoms with E-state index in [1.165, 1.54) is 15.0 Å². The first-order valence-electron chi connectivity index (χ1n) is 10.9. The van der Waals surface area contributed by atoms with E-state index in [2.05, 4.69) is 15.7 Å². The quantitative estimate of drug-likeness (QED) is 0.545. The Bertz CT molecular complexity index is 1280. The molecule has 1 unspecified atom stereocenters. The number of fused-ring (bicyclic) bond motifs is 3. The molecule has 0 saturated heterocycles. The van der Waals surface area contributed by atoms with Crippen molar-refractivity contribution in [2.24, 2.45) is 0 Å². The molecule has 2 N–H and O–H groups in total. The number of hydrogen-bond donors (Lipinski definition) is 2. The Balaban J connectivity index is 2.23. The maximum atomic E-state index is 13.2. The van der Waals surface area contributed by atoms with Crippen LogP contribution in [0.1, 0.15) is 57.8 Å². The molecule has 2 amide bonds. The molecule has 0 aliphatic carbocycles. The molecular weight excluding hydrogens is 412 g/mol. The number of carbonyl (C=O) groups excluding carboxylic acids is 2. The largest absolute Gasteiger partial charge is 0.352 e. The van der Waals surface area contributed by atoms with Gasteiger partial charge in [0, 0.05) is 24.2 Å². The van der Waals surface area contributed by atoms with Gasteiger partial charge in [0.15, 0.2) is 0 Å². The highest BCUT2D eigenvalue weighted by Crippen LogP contribution is 2.15. The predicted octanol–water partition coefficient (Wildman–Crippen LogP) is 1.27. The minimum atomic E-state index is -0.546. The Hall–Kier alpha value is -3.43. The lowest BCUT2D eigenvalue weighted by atomic mass is 10.1. The van der Waals surface area contributed by atoms with Gasteiger partial charge in [0.25, 0.3) is 11.5 Å². The van der Waals surface area contributed by atoms with Gasteiger partial charge in [0.05, 0.1) is 10.9 Å². The van der Waals surface area contributed by atoms with E-state index < -0.39 is 5.69 Å². The molecule has 3 aromatic rings. The van der Waals surface area contributed by atoms with Crippen molar-refractivity contribution in [2.45, 2.75) is 72.6 Å². The van der Waals surface area contributed by atoms with E-state index in [1.807, 2.05) is 34.6 Å². The first kappa shape index (κ1) is 23.2. The average molecular weight is 443 g/mol. The van der Waals surface area contributed by atoms with Crippen LogP contribution in [0, 0.1) is 0 Å². The highest BCUT2D eigenvalue weighted by atomic mass is 16.2. The fourth-order valence-corrected chi connectivity index (χ4v) is 3.49. The Labute approximate surface area is 185 Å². The van der Waals surface area contributed by atoms with Gasteiger partial charge < -0.3 is 10.6 Å². The summed E-state index contributed by atoms with van der Waals surface area (Å²) < 4.78 is 3.79. The number of nitrogens with one attached hydrogen (secondary N) is 2. The van der Waals surface area contributed by atoms with Crippen LogP contribution in [0.5, 0.6) is 0 Å². The molecule has 10 heteroatoms. The van der Waals surface area contributed by atoms with Crippen molar-refractivity contribution in [3.63, 3.8) is 0 Å². The van der Waals surface area contributed by atoms with Crippen molar-refractivity contribution in [3.05, 3.63) is 44.6 Å². The van der Waals surface area contributed by atoms with Gasteiger partial charge in [0.1, 0.15) is 6.54 Å². The minimum absolute atomic E-state index is 0.0311. The van der Waals surface area contributed by atoms with E-state index in [1.54, 1.807) is 12.1 Å². The van der Waals surface area contributed by atoms with Crippen LogP contribution in [-0.4, -0.2) is 42.6 Å². The van der Waals surface area contributed by atoms with Crippen LogP contribution >= 0.6 is 0 Å². The van der Waals surface area contributed by atoms with E-state index >= 15 is 0 Å². The smallest absolute Gasteiger partial charge is 0.352 e. The normalized spacial score (nSPS) is 12.4. The van der Waals surface area contributed by atoms with Crippen LogP contribution in [0.2, 0.25) is 0 Å². The lowest BCUT2D eigenvalue weighted by Crippen LogP contribution is -2.37. The SMILES string of the molecule is CCCn1c(=O)c2ccc(C(=O)NC(C)C)cc2n2c(=O)n(CC(=O)NC(C)CC)nc12. The van der Waals surface area contributed by atoms with Gasteiger partial charge in [-0.15, -0.1) is 5.10 Å². The van der Waals surface area contributed by atoms with E-state index in [-0.39, 0.29) is 47.3 Å². The van der Waals surface area contributed by atoms with Gasteiger partial charge in [-0.3, -0.25) is 19.0 Å². The molecule has 2 heterocycles. The third-order valence-electron chi connectivity index (χ3n) is 5.22. The lowest BCUT2D eigenvalue weighted by molar-refractivity contribution is -0.122. The van der Waals surface area contributed by atoms with Crippen LogP contribution in [0.15, 0.2) is 27.8 Å². The zero-order chi connectivity index (χ0) is 23.6. The molecule has 0 spiro atoms. The van der Waals surface area contributed by atoms with E-state index in [0.717, 1.165) is 11.1 Å². The number of aromatic nitrogens is 4. The summed E-state index contributed by atoms with van der Waals surface area (Å²) in [4.78, 5) is 51.2. The molecule has 0 radical (unpaired) electrons. The summed E-state index contributed by atoms with van der Waals surface area (Å²) >= 11 is 0. The molecule has 3 rings (SSSR count). The van der Waals surface area contributed by atoms with Crippen molar-refractivity contribution in [2.75, 3.05) is 0 Å². The molecule has 0 bridgehead atoms. The zero-order valence-corrected chi connectivity index (χ0v) is 19.1. The molecule has 0 fully saturated rings.